The molecule has 2 rings (SSSR count). The molecule has 1 aliphatic heterocycles. The van der Waals surface area contributed by atoms with Crippen molar-refractivity contribution < 1.29 is 19.5 Å². The molecule has 1 fully saturated rings. The summed E-state index contributed by atoms with van der Waals surface area (Å²) in [7, 11) is 0. The van der Waals surface area contributed by atoms with E-state index in [1.54, 1.807) is 24.3 Å². The lowest BCUT2D eigenvalue weighted by Gasteiger charge is -2.19. The van der Waals surface area contributed by atoms with Gasteiger partial charge in [-0.15, -0.1) is 0 Å². The fraction of sp³-hybridized carbons (Fsp3) is 0.250. The van der Waals surface area contributed by atoms with Crippen molar-refractivity contribution in [3.05, 3.63) is 34.3 Å². The molecule has 18 heavy (non-hydrogen) atoms. The van der Waals surface area contributed by atoms with Crippen LogP contribution in [0.25, 0.3) is 0 Å². The highest BCUT2D eigenvalue weighted by Crippen LogP contribution is 2.22. The Balaban J connectivity index is 2.29. The number of amides is 2. The van der Waals surface area contributed by atoms with Crippen LogP contribution in [-0.4, -0.2) is 33.8 Å². The van der Waals surface area contributed by atoms with Crippen molar-refractivity contribution in [3.8, 4) is 0 Å². The number of hydrogen-bond acceptors (Lipinski definition) is 3. The third-order valence-corrected chi connectivity index (χ3v) is 3.34. The number of carbonyl (C=O) groups is 3. The first-order valence-electron chi connectivity index (χ1n) is 5.35. The molecule has 5 nitrogen and oxygen atoms in total. The third kappa shape index (κ3) is 2.28. The van der Waals surface area contributed by atoms with Crippen LogP contribution >= 0.6 is 15.9 Å². The fourth-order valence-corrected chi connectivity index (χ4v) is 2.17. The van der Waals surface area contributed by atoms with Gasteiger partial charge in [-0.25, -0.2) is 4.79 Å². The molecule has 0 radical (unpaired) electrons. The first-order chi connectivity index (χ1) is 8.50. The number of carboxylic acids is 1. The van der Waals surface area contributed by atoms with E-state index >= 15 is 0 Å². The van der Waals surface area contributed by atoms with Crippen LogP contribution in [0.5, 0.6) is 0 Å². The molecule has 1 aliphatic rings. The van der Waals surface area contributed by atoms with E-state index in [0.29, 0.717) is 5.56 Å². The molecular formula is C12H10BrNO4. The highest BCUT2D eigenvalue weighted by Gasteiger charge is 2.40. The lowest BCUT2D eigenvalue weighted by atomic mass is 10.1. The van der Waals surface area contributed by atoms with Gasteiger partial charge >= 0.3 is 5.97 Å². The molecule has 2 amide bonds. The minimum absolute atomic E-state index is 0.0965. The zero-order chi connectivity index (χ0) is 13.3. The molecule has 1 aromatic rings. The van der Waals surface area contributed by atoms with Gasteiger partial charge in [0.2, 0.25) is 5.91 Å². The Hall–Kier alpha value is -1.69. The molecule has 0 bridgehead atoms. The highest BCUT2D eigenvalue weighted by atomic mass is 79.9. The Morgan fingerprint density at radius 1 is 1.28 bits per heavy atom. The smallest absolute Gasteiger partial charge is 0.326 e. The average Bonchev–Trinajstić information content (AvgIpc) is 2.71. The van der Waals surface area contributed by atoms with E-state index in [1.165, 1.54) is 0 Å². The summed E-state index contributed by atoms with van der Waals surface area (Å²) in [6.07, 6.45) is 0.273. The second-order valence-corrected chi connectivity index (χ2v) is 4.88. The molecule has 0 aliphatic carbocycles. The zero-order valence-corrected chi connectivity index (χ0v) is 10.9. The number of aliphatic carboxylic acids is 1. The van der Waals surface area contributed by atoms with E-state index in [-0.39, 0.29) is 12.8 Å². The standard InChI is InChI=1S/C12H10BrNO4/c13-8-3-1-7(2-4-8)11(16)14-9(12(17)18)5-6-10(14)15/h1-4,9H,5-6H2,(H,17,18). The van der Waals surface area contributed by atoms with Crippen molar-refractivity contribution in [1.29, 1.82) is 0 Å². The van der Waals surface area contributed by atoms with Gasteiger partial charge in [0.1, 0.15) is 6.04 Å². The normalized spacial score (nSPS) is 19.1. The number of imide groups is 1. The molecule has 1 unspecified atom stereocenters. The summed E-state index contributed by atoms with van der Waals surface area (Å²) >= 11 is 3.24. The van der Waals surface area contributed by atoms with Crippen LogP contribution in [0, 0.1) is 0 Å². The van der Waals surface area contributed by atoms with Crippen LogP contribution in [0.15, 0.2) is 28.7 Å². The first-order valence-corrected chi connectivity index (χ1v) is 6.15. The Morgan fingerprint density at radius 3 is 2.44 bits per heavy atom. The summed E-state index contributed by atoms with van der Waals surface area (Å²) in [6, 6.07) is 5.40. The topological polar surface area (TPSA) is 74.7 Å². The molecule has 0 aromatic heterocycles. The van der Waals surface area contributed by atoms with Gasteiger partial charge in [-0.05, 0) is 30.7 Å². The first kappa shape index (κ1) is 12.8. The van der Waals surface area contributed by atoms with Crippen molar-refractivity contribution in [3.63, 3.8) is 0 Å². The van der Waals surface area contributed by atoms with Crippen LogP contribution < -0.4 is 0 Å². The van der Waals surface area contributed by atoms with E-state index in [1.807, 2.05) is 0 Å². The van der Waals surface area contributed by atoms with Crippen LogP contribution in [0.1, 0.15) is 23.2 Å². The predicted molar refractivity (Wildman–Crippen MR) is 66.0 cm³/mol. The number of carboxylic acid groups (broad SMARTS) is 1. The third-order valence-electron chi connectivity index (χ3n) is 2.81. The number of benzene rings is 1. The van der Waals surface area contributed by atoms with Crippen molar-refractivity contribution >= 4 is 33.7 Å². The lowest BCUT2D eigenvalue weighted by molar-refractivity contribution is -0.144. The summed E-state index contributed by atoms with van der Waals surface area (Å²) in [6.45, 7) is 0. The molecule has 94 valence electrons. The van der Waals surface area contributed by atoms with Crippen molar-refractivity contribution in [2.24, 2.45) is 0 Å². The van der Waals surface area contributed by atoms with Gasteiger partial charge in [0.05, 0.1) is 0 Å². The van der Waals surface area contributed by atoms with E-state index in [9.17, 15) is 14.4 Å². The Morgan fingerprint density at radius 2 is 1.89 bits per heavy atom. The highest BCUT2D eigenvalue weighted by molar-refractivity contribution is 9.10. The number of halogens is 1. The van der Waals surface area contributed by atoms with Crippen LogP contribution in [0.4, 0.5) is 0 Å². The Labute approximate surface area is 112 Å². The molecule has 1 atom stereocenters. The number of likely N-dealkylation sites (tertiary alicyclic amines) is 1. The predicted octanol–water partition coefficient (Wildman–Crippen LogP) is 1.66. The van der Waals surface area contributed by atoms with Crippen molar-refractivity contribution in [2.45, 2.75) is 18.9 Å². The molecule has 1 N–H and O–H groups in total. The number of hydrogen-bond donors (Lipinski definition) is 1. The SMILES string of the molecule is O=C(O)C1CCC(=O)N1C(=O)c1ccc(Br)cc1. The molecule has 0 spiro atoms. The van der Waals surface area contributed by atoms with Crippen molar-refractivity contribution in [2.75, 3.05) is 0 Å². The Bertz CT molecular complexity index is 511. The van der Waals surface area contributed by atoms with Crippen LogP contribution in [0.2, 0.25) is 0 Å². The molecule has 6 heteroatoms. The molecular weight excluding hydrogens is 302 g/mol. The lowest BCUT2D eigenvalue weighted by Crippen LogP contribution is -2.42. The molecule has 0 saturated carbocycles. The Kier molecular flexibility index (Phi) is 3.47. The molecule has 1 saturated heterocycles. The quantitative estimate of drug-likeness (QED) is 0.843. The minimum atomic E-state index is -1.15. The number of nitrogens with zero attached hydrogens (tertiary/aromatic N) is 1. The maximum absolute atomic E-state index is 12.1. The number of carbonyl (C=O) groups excluding carboxylic acids is 2. The summed E-state index contributed by atoms with van der Waals surface area (Å²) in [5.74, 6) is -2.14. The second-order valence-electron chi connectivity index (χ2n) is 3.97. The van der Waals surface area contributed by atoms with Crippen molar-refractivity contribution in [1.82, 2.24) is 4.90 Å². The summed E-state index contributed by atoms with van der Waals surface area (Å²) in [5, 5.41) is 8.99. The van der Waals surface area contributed by atoms with Gasteiger partial charge in [0.25, 0.3) is 5.91 Å². The second kappa shape index (κ2) is 4.89. The maximum Gasteiger partial charge on any atom is 0.326 e. The zero-order valence-electron chi connectivity index (χ0n) is 9.30. The van der Waals surface area contributed by atoms with Gasteiger partial charge in [-0.3, -0.25) is 14.5 Å². The van der Waals surface area contributed by atoms with Gasteiger partial charge in [0, 0.05) is 16.5 Å². The van der Waals surface area contributed by atoms with Crippen LogP contribution in [0.3, 0.4) is 0 Å². The largest absolute Gasteiger partial charge is 0.480 e. The monoisotopic (exact) mass is 311 g/mol. The summed E-state index contributed by atoms with van der Waals surface area (Å²) < 4.78 is 0.807. The minimum Gasteiger partial charge on any atom is -0.480 e. The van der Waals surface area contributed by atoms with Gasteiger partial charge in [-0.2, -0.15) is 0 Å². The summed E-state index contributed by atoms with van der Waals surface area (Å²) in [4.78, 5) is 35.5. The van der Waals surface area contributed by atoms with Crippen LogP contribution in [-0.2, 0) is 9.59 Å². The number of rotatable bonds is 2. The van der Waals surface area contributed by atoms with Gasteiger partial charge in [-0.1, -0.05) is 15.9 Å². The van der Waals surface area contributed by atoms with E-state index in [2.05, 4.69) is 15.9 Å². The van der Waals surface area contributed by atoms with Gasteiger partial charge in [0.15, 0.2) is 0 Å². The average molecular weight is 312 g/mol. The van der Waals surface area contributed by atoms with Gasteiger partial charge < -0.3 is 5.11 Å². The molecule has 1 heterocycles. The fourth-order valence-electron chi connectivity index (χ4n) is 1.90. The maximum atomic E-state index is 12.1. The van der Waals surface area contributed by atoms with E-state index < -0.39 is 23.8 Å². The summed E-state index contributed by atoms with van der Waals surface area (Å²) in [5.41, 5.74) is 0.305. The molecule has 1 aromatic carbocycles. The van der Waals surface area contributed by atoms with E-state index in [0.717, 1.165) is 9.37 Å². The van der Waals surface area contributed by atoms with E-state index in [4.69, 9.17) is 5.11 Å².